The summed E-state index contributed by atoms with van der Waals surface area (Å²) in [5.74, 6) is 0.896. The van der Waals surface area contributed by atoms with Gasteiger partial charge in [-0.25, -0.2) is 4.98 Å². The lowest BCUT2D eigenvalue weighted by molar-refractivity contribution is 0.102. The molecule has 0 radical (unpaired) electrons. The number of rotatable bonds is 2. The van der Waals surface area contributed by atoms with Gasteiger partial charge in [0.1, 0.15) is 5.76 Å². The first-order valence-corrected chi connectivity index (χ1v) is 5.93. The van der Waals surface area contributed by atoms with E-state index in [0.717, 1.165) is 11.0 Å². The number of furan rings is 1. The number of aryl methyl sites for hydroxylation is 2. The molecule has 0 aliphatic heterocycles. The fraction of sp³-hybridized carbons (Fsp3) is 0.143. The monoisotopic (exact) mass is 255 g/mol. The number of amides is 1. The van der Waals surface area contributed by atoms with Crippen molar-refractivity contribution in [2.75, 3.05) is 5.32 Å². The molecule has 19 heavy (non-hydrogen) atoms. The minimum absolute atomic E-state index is 0.218. The van der Waals surface area contributed by atoms with E-state index in [4.69, 9.17) is 4.42 Å². The van der Waals surface area contributed by atoms with Gasteiger partial charge in [0.05, 0.1) is 22.9 Å². The van der Waals surface area contributed by atoms with Crippen LogP contribution in [0, 0.1) is 6.92 Å². The topological polar surface area (TPSA) is 60.1 Å². The van der Waals surface area contributed by atoms with Crippen LogP contribution in [0.4, 0.5) is 5.95 Å². The van der Waals surface area contributed by atoms with Crippen LogP contribution in [-0.4, -0.2) is 15.5 Å². The van der Waals surface area contributed by atoms with E-state index < -0.39 is 0 Å². The normalized spacial score (nSPS) is 10.8. The van der Waals surface area contributed by atoms with Crippen molar-refractivity contribution in [1.82, 2.24) is 9.55 Å². The van der Waals surface area contributed by atoms with Gasteiger partial charge >= 0.3 is 0 Å². The number of nitrogens with zero attached hydrogens (tertiary/aromatic N) is 2. The molecule has 2 heterocycles. The number of nitrogens with one attached hydrogen (secondary N) is 1. The lowest BCUT2D eigenvalue weighted by Crippen LogP contribution is -2.15. The number of carbonyl (C=O) groups is 1. The van der Waals surface area contributed by atoms with Crippen molar-refractivity contribution in [3.8, 4) is 0 Å². The number of fused-ring (bicyclic) bond motifs is 1. The molecule has 0 bridgehead atoms. The third-order valence-electron chi connectivity index (χ3n) is 3.12. The standard InChI is InChI=1S/C14H13N3O2/c1-9-10(7-8-19-9)13(18)16-14-15-11-5-3-4-6-12(11)17(14)2/h3-8H,1-2H3,(H,15,16,18). The number of para-hydroxylation sites is 2. The lowest BCUT2D eigenvalue weighted by Gasteiger charge is -2.04. The highest BCUT2D eigenvalue weighted by atomic mass is 16.3. The molecule has 2 aromatic heterocycles. The Morgan fingerprint density at radius 1 is 1.32 bits per heavy atom. The summed E-state index contributed by atoms with van der Waals surface area (Å²) in [5.41, 5.74) is 2.35. The van der Waals surface area contributed by atoms with E-state index >= 15 is 0 Å². The second-order valence-corrected chi connectivity index (χ2v) is 4.33. The molecule has 96 valence electrons. The largest absolute Gasteiger partial charge is 0.469 e. The Hall–Kier alpha value is -2.56. The fourth-order valence-electron chi connectivity index (χ4n) is 2.05. The van der Waals surface area contributed by atoms with E-state index in [1.54, 1.807) is 13.0 Å². The van der Waals surface area contributed by atoms with Crippen LogP contribution in [-0.2, 0) is 7.05 Å². The van der Waals surface area contributed by atoms with E-state index in [1.807, 2.05) is 35.9 Å². The van der Waals surface area contributed by atoms with Gasteiger partial charge in [0, 0.05) is 7.05 Å². The molecule has 1 N–H and O–H groups in total. The predicted molar refractivity (Wildman–Crippen MR) is 72.1 cm³/mol. The van der Waals surface area contributed by atoms with Crippen molar-refractivity contribution in [2.45, 2.75) is 6.92 Å². The third kappa shape index (κ3) is 1.89. The molecule has 5 heteroatoms. The van der Waals surface area contributed by atoms with Crippen LogP contribution in [0.3, 0.4) is 0 Å². The maximum absolute atomic E-state index is 12.1. The molecular weight excluding hydrogens is 242 g/mol. The van der Waals surface area contributed by atoms with Crippen molar-refractivity contribution in [3.05, 3.63) is 47.9 Å². The van der Waals surface area contributed by atoms with Gasteiger partial charge in [0.2, 0.25) is 5.95 Å². The molecule has 3 rings (SSSR count). The second-order valence-electron chi connectivity index (χ2n) is 4.33. The molecular formula is C14H13N3O2. The maximum Gasteiger partial charge on any atom is 0.261 e. The Morgan fingerprint density at radius 2 is 2.11 bits per heavy atom. The summed E-state index contributed by atoms with van der Waals surface area (Å²) in [6.45, 7) is 1.75. The molecule has 0 unspecified atom stereocenters. The van der Waals surface area contributed by atoms with Gasteiger partial charge in [0.25, 0.3) is 5.91 Å². The summed E-state index contributed by atoms with van der Waals surface area (Å²) in [7, 11) is 1.87. The molecule has 0 saturated heterocycles. The van der Waals surface area contributed by atoms with Crippen LogP contribution in [0.5, 0.6) is 0 Å². The van der Waals surface area contributed by atoms with Gasteiger partial charge < -0.3 is 8.98 Å². The van der Waals surface area contributed by atoms with Crippen LogP contribution < -0.4 is 5.32 Å². The first-order chi connectivity index (χ1) is 9.16. The molecule has 0 atom stereocenters. The van der Waals surface area contributed by atoms with Gasteiger partial charge in [0.15, 0.2) is 0 Å². The molecule has 0 aliphatic carbocycles. The number of aromatic nitrogens is 2. The zero-order chi connectivity index (χ0) is 13.4. The summed E-state index contributed by atoms with van der Waals surface area (Å²) in [6, 6.07) is 9.37. The fourth-order valence-corrected chi connectivity index (χ4v) is 2.05. The molecule has 0 fully saturated rings. The number of anilines is 1. The SMILES string of the molecule is Cc1occc1C(=O)Nc1nc2ccccc2n1C. The minimum atomic E-state index is -0.218. The van der Waals surface area contributed by atoms with Crippen LogP contribution in [0.15, 0.2) is 41.0 Å². The number of carbonyl (C=O) groups excluding carboxylic acids is 1. The first-order valence-electron chi connectivity index (χ1n) is 5.93. The van der Waals surface area contributed by atoms with E-state index in [1.165, 1.54) is 6.26 Å². The highest BCUT2D eigenvalue weighted by Crippen LogP contribution is 2.18. The van der Waals surface area contributed by atoms with E-state index in [-0.39, 0.29) is 5.91 Å². The molecule has 0 saturated carbocycles. The molecule has 3 aromatic rings. The van der Waals surface area contributed by atoms with Crippen LogP contribution in [0.25, 0.3) is 11.0 Å². The van der Waals surface area contributed by atoms with E-state index in [0.29, 0.717) is 17.3 Å². The van der Waals surface area contributed by atoms with Gasteiger partial charge in [-0.1, -0.05) is 12.1 Å². The van der Waals surface area contributed by atoms with Gasteiger partial charge in [-0.3, -0.25) is 10.1 Å². The highest BCUT2D eigenvalue weighted by Gasteiger charge is 2.15. The molecule has 5 nitrogen and oxygen atoms in total. The van der Waals surface area contributed by atoms with E-state index in [2.05, 4.69) is 10.3 Å². The molecule has 1 aromatic carbocycles. The van der Waals surface area contributed by atoms with Crippen LogP contribution in [0.1, 0.15) is 16.1 Å². The van der Waals surface area contributed by atoms with Crippen molar-refractivity contribution < 1.29 is 9.21 Å². The Balaban J connectivity index is 1.96. The van der Waals surface area contributed by atoms with Crippen molar-refractivity contribution >= 4 is 22.9 Å². The molecule has 0 aliphatic rings. The van der Waals surface area contributed by atoms with Crippen LogP contribution >= 0.6 is 0 Å². The van der Waals surface area contributed by atoms with Crippen molar-refractivity contribution in [1.29, 1.82) is 0 Å². The van der Waals surface area contributed by atoms with Crippen LogP contribution in [0.2, 0.25) is 0 Å². The summed E-state index contributed by atoms with van der Waals surface area (Å²) in [6.07, 6.45) is 1.50. The van der Waals surface area contributed by atoms with Gasteiger partial charge in [-0.2, -0.15) is 0 Å². The number of benzene rings is 1. The summed E-state index contributed by atoms with van der Waals surface area (Å²) in [5, 5.41) is 2.80. The smallest absolute Gasteiger partial charge is 0.261 e. The Labute approximate surface area is 109 Å². The summed E-state index contributed by atoms with van der Waals surface area (Å²) >= 11 is 0. The zero-order valence-corrected chi connectivity index (χ0v) is 10.7. The van der Waals surface area contributed by atoms with Gasteiger partial charge in [-0.05, 0) is 25.1 Å². The summed E-state index contributed by atoms with van der Waals surface area (Å²) < 4.78 is 6.97. The van der Waals surface area contributed by atoms with Gasteiger partial charge in [-0.15, -0.1) is 0 Å². The number of hydrogen-bond acceptors (Lipinski definition) is 3. The quantitative estimate of drug-likeness (QED) is 0.766. The average molecular weight is 255 g/mol. The molecule has 1 amide bonds. The zero-order valence-electron chi connectivity index (χ0n) is 10.7. The van der Waals surface area contributed by atoms with E-state index in [9.17, 15) is 4.79 Å². The lowest BCUT2D eigenvalue weighted by atomic mass is 10.2. The Bertz CT molecular complexity index is 755. The highest BCUT2D eigenvalue weighted by molar-refractivity contribution is 6.04. The number of hydrogen-bond donors (Lipinski definition) is 1. The molecule has 0 spiro atoms. The second kappa shape index (κ2) is 4.28. The van der Waals surface area contributed by atoms with Crippen molar-refractivity contribution in [2.24, 2.45) is 7.05 Å². The Morgan fingerprint density at radius 3 is 2.79 bits per heavy atom. The number of imidazole rings is 1. The average Bonchev–Trinajstić information content (AvgIpc) is 2.95. The maximum atomic E-state index is 12.1. The first kappa shape index (κ1) is 11.5. The predicted octanol–water partition coefficient (Wildman–Crippen LogP) is 2.73. The minimum Gasteiger partial charge on any atom is -0.469 e. The van der Waals surface area contributed by atoms with Crippen molar-refractivity contribution in [3.63, 3.8) is 0 Å². The summed E-state index contributed by atoms with van der Waals surface area (Å²) in [4.78, 5) is 16.5. The third-order valence-corrected chi connectivity index (χ3v) is 3.12. The Kier molecular flexibility index (Phi) is 2.59.